The Hall–Kier alpha value is -1.83. The number of nitrogens with one attached hydrogen (secondary N) is 3. The number of hydrogen-bond donors (Lipinski definition) is 6. The molecule has 0 radical (unpaired) electrons. The Balaban J connectivity index is 1.63. The molecule has 1 aromatic heterocycles. The lowest BCUT2D eigenvalue weighted by molar-refractivity contribution is -0.243. The summed E-state index contributed by atoms with van der Waals surface area (Å²) in [7, 11) is 0. The van der Waals surface area contributed by atoms with Crippen LogP contribution >= 0.6 is 0 Å². The molecule has 42 heavy (non-hydrogen) atoms. The van der Waals surface area contributed by atoms with Crippen LogP contribution in [0, 0.1) is 0 Å². The van der Waals surface area contributed by atoms with Crippen molar-refractivity contribution in [2.45, 2.75) is 173 Å². The van der Waals surface area contributed by atoms with Crippen LogP contribution in [0.1, 0.15) is 122 Å². The molecule has 0 saturated carbocycles. The smallest absolute Gasteiger partial charge is 0.229 e. The van der Waals surface area contributed by atoms with Crippen LogP contribution in [0.5, 0.6) is 0 Å². The van der Waals surface area contributed by atoms with Crippen LogP contribution in [0.3, 0.4) is 0 Å². The Kier molecular flexibility index (Phi) is 8.39. The molecule has 12 nitrogen and oxygen atoms in total. The van der Waals surface area contributed by atoms with E-state index in [1.807, 2.05) is 83.1 Å². The minimum absolute atomic E-state index is 0.0486. The van der Waals surface area contributed by atoms with Gasteiger partial charge in [-0.15, -0.1) is 0 Å². The fourth-order valence-corrected chi connectivity index (χ4v) is 8.23. The van der Waals surface area contributed by atoms with E-state index in [4.69, 9.17) is 15.0 Å². The molecule has 0 bridgehead atoms. The summed E-state index contributed by atoms with van der Waals surface area (Å²) in [4.78, 5) is 14.5. The third-order valence-electron chi connectivity index (χ3n) is 9.55. The lowest BCUT2D eigenvalue weighted by atomic mass is 9.79. The summed E-state index contributed by atoms with van der Waals surface area (Å²) < 4.78 is 0. The highest BCUT2D eigenvalue weighted by molar-refractivity contribution is 5.44. The van der Waals surface area contributed by atoms with Crippen LogP contribution in [0.15, 0.2) is 0 Å². The topological polar surface area (TPSA) is 145 Å². The monoisotopic (exact) mass is 591 g/mol. The number of nitrogens with zero attached hydrogens (tertiary/aromatic N) is 6. The van der Waals surface area contributed by atoms with Crippen LogP contribution in [-0.4, -0.2) is 97.1 Å². The van der Waals surface area contributed by atoms with Gasteiger partial charge < -0.3 is 31.6 Å². The first kappa shape index (κ1) is 33.1. The zero-order chi connectivity index (χ0) is 31.7. The van der Waals surface area contributed by atoms with E-state index in [-0.39, 0.29) is 18.1 Å². The molecule has 240 valence electrons. The van der Waals surface area contributed by atoms with Gasteiger partial charge in [0.15, 0.2) is 0 Å². The Morgan fingerprint density at radius 2 is 0.595 bits per heavy atom. The molecule has 0 aromatic carbocycles. The van der Waals surface area contributed by atoms with Crippen molar-refractivity contribution in [2.24, 2.45) is 0 Å². The van der Waals surface area contributed by atoms with E-state index < -0.39 is 33.2 Å². The average Bonchev–Trinajstić information content (AvgIpc) is 2.78. The lowest BCUT2D eigenvalue weighted by Gasteiger charge is -2.51. The zero-order valence-electron chi connectivity index (χ0n) is 28.0. The third kappa shape index (κ3) is 6.78. The van der Waals surface area contributed by atoms with Gasteiger partial charge in [-0.3, -0.25) is 0 Å². The van der Waals surface area contributed by atoms with Gasteiger partial charge in [0.1, 0.15) is 0 Å². The molecular formula is C30H57N9O3. The van der Waals surface area contributed by atoms with Gasteiger partial charge in [-0.1, -0.05) is 0 Å². The van der Waals surface area contributed by atoms with Gasteiger partial charge in [0.25, 0.3) is 0 Å². The van der Waals surface area contributed by atoms with Gasteiger partial charge in [0.2, 0.25) is 17.8 Å². The van der Waals surface area contributed by atoms with Gasteiger partial charge in [-0.2, -0.15) is 30.1 Å². The maximum Gasteiger partial charge on any atom is 0.229 e. The normalized spacial score (nSPS) is 28.4. The highest BCUT2D eigenvalue weighted by atomic mass is 16.5. The fraction of sp³-hybridized carbons (Fsp3) is 0.900. The molecule has 6 N–H and O–H groups in total. The van der Waals surface area contributed by atoms with Crippen molar-refractivity contribution >= 4 is 17.8 Å². The van der Waals surface area contributed by atoms with Crippen molar-refractivity contribution in [3.8, 4) is 0 Å². The number of aromatic nitrogens is 3. The standard InChI is InChI=1S/C30H57N9O3/c1-25(2)13-19(14-26(3,4)37(25)40)31-22-34-23(32-20-15-27(5,6)38(41)28(7,8)16-20)36-24(35-22)33-21-17-29(9,10)39(42)30(11,12)18-21/h19-21,40-42H,13-18H2,1-12H3,(H3,31,32,33,34,35,36). The summed E-state index contributed by atoms with van der Waals surface area (Å²) in [6.45, 7) is 24.5. The van der Waals surface area contributed by atoms with E-state index in [9.17, 15) is 15.6 Å². The average molecular weight is 592 g/mol. The molecule has 0 aliphatic carbocycles. The molecule has 1 aromatic rings. The first-order valence-corrected chi connectivity index (χ1v) is 15.5. The predicted molar refractivity (Wildman–Crippen MR) is 165 cm³/mol. The first-order valence-electron chi connectivity index (χ1n) is 15.5. The van der Waals surface area contributed by atoms with Crippen molar-refractivity contribution in [1.29, 1.82) is 0 Å². The minimum atomic E-state index is -0.417. The Bertz CT molecular complexity index is 933. The van der Waals surface area contributed by atoms with Crippen molar-refractivity contribution in [3.63, 3.8) is 0 Å². The van der Waals surface area contributed by atoms with Crippen LogP contribution < -0.4 is 16.0 Å². The Labute approximate surface area is 252 Å². The van der Waals surface area contributed by atoms with Crippen LogP contribution in [0.2, 0.25) is 0 Å². The first-order chi connectivity index (χ1) is 18.9. The maximum atomic E-state index is 10.8. The van der Waals surface area contributed by atoms with E-state index in [0.717, 1.165) is 38.5 Å². The number of piperidine rings is 3. The molecule has 4 heterocycles. The number of anilines is 3. The van der Waals surface area contributed by atoms with Crippen LogP contribution in [-0.2, 0) is 0 Å². The molecule has 0 amide bonds. The molecule has 3 saturated heterocycles. The summed E-state index contributed by atoms with van der Waals surface area (Å²) >= 11 is 0. The Morgan fingerprint density at radius 3 is 0.762 bits per heavy atom. The van der Waals surface area contributed by atoms with E-state index in [1.165, 1.54) is 15.2 Å². The second-order valence-corrected chi connectivity index (χ2v) is 16.9. The number of hydrogen-bond acceptors (Lipinski definition) is 12. The van der Waals surface area contributed by atoms with E-state index >= 15 is 0 Å². The van der Waals surface area contributed by atoms with Gasteiger partial charge in [-0.05, 0) is 122 Å². The molecule has 3 fully saturated rings. The molecule has 3 aliphatic heterocycles. The number of rotatable bonds is 6. The van der Waals surface area contributed by atoms with Crippen molar-refractivity contribution in [3.05, 3.63) is 0 Å². The minimum Gasteiger partial charge on any atom is -0.351 e. The van der Waals surface area contributed by atoms with E-state index in [2.05, 4.69) is 16.0 Å². The fourth-order valence-electron chi connectivity index (χ4n) is 8.23. The SMILES string of the molecule is CC1(C)CC(Nc2nc(NC3CC(C)(C)N(O)C(C)(C)C3)nc(NC3CC(C)(C)N(O)C(C)(C)C3)n2)CC(C)(C)N1O. The molecule has 0 atom stereocenters. The molecule has 3 aliphatic rings. The highest BCUT2D eigenvalue weighted by Gasteiger charge is 2.47. The summed E-state index contributed by atoms with van der Waals surface area (Å²) in [5.74, 6) is 1.44. The predicted octanol–water partition coefficient (Wildman–Crippen LogP) is 5.34. The largest absolute Gasteiger partial charge is 0.351 e. The van der Waals surface area contributed by atoms with E-state index in [0.29, 0.717) is 17.8 Å². The number of hydroxylamine groups is 6. The summed E-state index contributed by atoms with van der Waals surface area (Å²) in [6, 6.07) is 0.146. The van der Waals surface area contributed by atoms with Crippen LogP contribution in [0.25, 0.3) is 0 Å². The molecule has 12 heteroatoms. The quantitative estimate of drug-likeness (QED) is 0.254. The van der Waals surface area contributed by atoms with Gasteiger partial charge in [-0.25, -0.2) is 0 Å². The van der Waals surface area contributed by atoms with Crippen molar-refractivity contribution in [1.82, 2.24) is 30.1 Å². The second kappa shape index (κ2) is 10.7. The summed E-state index contributed by atoms with van der Waals surface area (Å²) in [5, 5.41) is 47.6. The second-order valence-electron chi connectivity index (χ2n) is 16.9. The van der Waals surface area contributed by atoms with Crippen molar-refractivity contribution in [2.75, 3.05) is 16.0 Å². The highest BCUT2D eigenvalue weighted by Crippen LogP contribution is 2.40. The lowest BCUT2D eigenvalue weighted by Crippen LogP contribution is -2.61. The summed E-state index contributed by atoms with van der Waals surface area (Å²) in [5.41, 5.74) is -2.50. The summed E-state index contributed by atoms with van der Waals surface area (Å²) in [6.07, 6.45) is 4.33. The third-order valence-corrected chi connectivity index (χ3v) is 9.55. The van der Waals surface area contributed by atoms with Crippen LogP contribution in [0.4, 0.5) is 17.8 Å². The van der Waals surface area contributed by atoms with Gasteiger partial charge >= 0.3 is 0 Å². The molecule has 4 rings (SSSR count). The maximum absolute atomic E-state index is 10.8. The zero-order valence-corrected chi connectivity index (χ0v) is 28.0. The molecule has 0 spiro atoms. The van der Waals surface area contributed by atoms with Gasteiger partial charge in [0.05, 0.1) is 0 Å². The molecule has 0 unspecified atom stereocenters. The van der Waals surface area contributed by atoms with Gasteiger partial charge in [0, 0.05) is 51.4 Å². The van der Waals surface area contributed by atoms with E-state index in [1.54, 1.807) is 0 Å². The van der Waals surface area contributed by atoms with Crippen molar-refractivity contribution < 1.29 is 15.6 Å². The molecular weight excluding hydrogens is 534 g/mol. The Morgan fingerprint density at radius 1 is 0.429 bits per heavy atom.